The highest BCUT2D eigenvalue weighted by Crippen LogP contribution is 2.28. The van der Waals surface area contributed by atoms with Gasteiger partial charge in [0.25, 0.3) is 0 Å². The Morgan fingerprint density at radius 1 is 1.25 bits per heavy atom. The van der Waals surface area contributed by atoms with Crippen molar-refractivity contribution in [1.29, 1.82) is 0 Å². The van der Waals surface area contributed by atoms with E-state index in [2.05, 4.69) is 34.0 Å². The molecule has 2 aromatic rings. The van der Waals surface area contributed by atoms with E-state index in [1.165, 1.54) is 6.42 Å². The monoisotopic (exact) mass is 496 g/mol. The van der Waals surface area contributed by atoms with Crippen LogP contribution in [0, 0.1) is 5.41 Å². The minimum absolute atomic E-state index is 0. The lowest BCUT2D eigenvalue weighted by molar-refractivity contribution is 0.370. The van der Waals surface area contributed by atoms with Crippen molar-refractivity contribution in [3.63, 3.8) is 0 Å². The molecule has 2 heterocycles. The number of likely N-dealkylation sites (tertiary alicyclic amines) is 1. The normalized spacial score (nSPS) is 15.7. The summed E-state index contributed by atoms with van der Waals surface area (Å²) in [7, 11) is 3.47. The van der Waals surface area contributed by atoms with Crippen LogP contribution in [0.15, 0.2) is 47.6 Å². The first-order valence-corrected chi connectivity index (χ1v) is 9.21. The van der Waals surface area contributed by atoms with E-state index in [1.54, 1.807) is 7.11 Å². The molecular formula is C21H29IN4O2. The van der Waals surface area contributed by atoms with Crippen LogP contribution in [-0.4, -0.2) is 43.1 Å². The summed E-state index contributed by atoms with van der Waals surface area (Å²) in [6.45, 7) is 7.34. The van der Waals surface area contributed by atoms with Crippen LogP contribution < -0.4 is 14.8 Å². The summed E-state index contributed by atoms with van der Waals surface area (Å²) in [6.07, 6.45) is 3.01. The Hall–Kier alpha value is -2.03. The highest BCUT2D eigenvalue weighted by atomic mass is 127. The SMILES string of the molecule is CN=C(NCc1ccc(Oc2cccc(OC)c2)nc1)N1CCC(C)(C)C1.I. The van der Waals surface area contributed by atoms with Crippen LogP contribution in [0.3, 0.4) is 0 Å². The maximum atomic E-state index is 5.78. The van der Waals surface area contributed by atoms with Gasteiger partial charge in [0, 0.05) is 45.0 Å². The first-order valence-electron chi connectivity index (χ1n) is 9.21. The third-order valence-corrected chi connectivity index (χ3v) is 4.70. The number of aromatic nitrogens is 1. The van der Waals surface area contributed by atoms with Crippen LogP contribution in [0.1, 0.15) is 25.8 Å². The van der Waals surface area contributed by atoms with Gasteiger partial charge in [0.15, 0.2) is 5.96 Å². The number of ether oxygens (including phenoxy) is 2. The molecule has 0 atom stereocenters. The van der Waals surface area contributed by atoms with Gasteiger partial charge in [-0.25, -0.2) is 4.98 Å². The molecular weight excluding hydrogens is 467 g/mol. The van der Waals surface area contributed by atoms with Crippen molar-refractivity contribution < 1.29 is 9.47 Å². The van der Waals surface area contributed by atoms with Crippen LogP contribution in [0.2, 0.25) is 0 Å². The van der Waals surface area contributed by atoms with Crippen molar-refractivity contribution in [3.05, 3.63) is 48.2 Å². The molecule has 0 aliphatic carbocycles. The molecule has 0 bridgehead atoms. The van der Waals surface area contributed by atoms with Gasteiger partial charge in [-0.2, -0.15) is 0 Å². The van der Waals surface area contributed by atoms with Crippen LogP contribution in [0.5, 0.6) is 17.4 Å². The molecule has 1 aromatic heterocycles. The summed E-state index contributed by atoms with van der Waals surface area (Å²) in [6, 6.07) is 11.4. The second kappa shape index (κ2) is 9.95. The van der Waals surface area contributed by atoms with E-state index in [-0.39, 0.29) is 24.0 Å². The van der Waals surface area contributed by atoms with E-state index >= 15 is 0 Å². The average Bonchev–Trinajstić information content (AvgIpc) is 3.03. The first-order chi connectivity index (χ1) is 13.0. The van der Waals surface area contributed by atoms with E-state index in [0.717, 1.165) is 30.4 Å². The standard InChI is InChI=1S/C21H28N4O2.HI/c1-21(2)10-11-25(15-21)20(22-3)24-14-16-8-9-19(23-13-16)27-18-7-5-6-17(12-18)26-4;/h5-9,12-13H,10-11,14-15H2,1-4H3,(H,22,24);1H. The molecule has 3 rings (SSSR count). The summed E-state index contributed by atoms with van der Waals surface area (Å²) < 4.78 is 11.0. The second-order valence-corrected chi connectivity index (χ2v) is 7.52. The van der Waals surface area contributed by atoms with Crippen molar-refractivity contribution in [2.75, 3.05) is 27.2 Å². The van der Waals surface area contributed by atoms with Gasteiger partial charge in [0.05, 0.1) is 7.11 Å². The summed E-state index contributed by atoms with van der Waals surface area (Å²) in [5, 5.41) is 3.43. The predicted octanol–water partition coefficient (Wildman–Crippen LogP) is 4.31. The number of hydrogen-bond donors (Lipinski definition) is 1. The number of benzene rings is 1. The maximum absolute atomic E-state index is 5.78. The van der Waals surface area contributed by atoms with Crippen LogP contribution >= 0.6 is 24.0 Å². The zero-order valence-electron chi connectivity index (χ0n) is 16.9. The average molecular weight is 496 g/mol. The smallest absolute Gasteiger partial charge is 0.219 e. The fourth-order valence-corrected chi connectivity index (χ4v) is 3.17. The molecule has 7 heteroatoms. The summed E-state index contributed by atoms with van der Waals surface area (Å²) in [4.78, 5) is 11.1. The molecule has 1 N–H and O–H groups in total. The van der Waals surface area contributed by atoms with Gasteiger partial charge >= 0.3 is 0 Å². The second-order valence-electron chi connectivity index (χ2n) is 7.52. The Bertz CT molecular complexity index is 793. The minimum atomic E-state index is 0. The Morgan fingerprint density at radius 2 is 2.04 bits per heavy atom. The number of aliphatic imine (C=N–C) groups is 1. The molecule has 1 saturated heterocycles. The quantitative estimate of drug-likeness (QED) is 0.380. The molecule has 1 fully saturated rings. The Morgan fingerprint density at radius 3 is 2.64 bits per heavy atom. The molecule has 0 unspecified atom stereocenters. The number of methoxy groups -OCH3 is 1. The number of nitrogens with zero attached hydrogens (tertiary/aromatic N) is 3. The van der Waals surface area contributed by atoms with E-state index in [1.807, 2.05) is 49.6 Å². The molecule has 28 heavy (non-hydrogen) atoms. The number of nitrogens with one attached hydrogen (secondary N) is 1. The first kappa shape index (κ1) is 22.3. The lowest BCUT2D eigenvalue weighted by Crippen LogP contribution is -2.40. The third-order valence-electron chi connectivity index (χ3n) is 4.70. The van der Waals surface area contributed by atoms with Gasteiger partial charge in [-0.3, -0.25) is 4.99 Å². The zero-order chi connectivity index (χ0) is 19.3. The Labute approximate surface area is 184 Å². The lowest BCUT2D eigenvalue weighted by Gasteiger charge is -2.23. The molecule has 0 radical (unpaired) electrons. The highest BCUT2D eigenvalue weighted by Gasteiger charge is 2.30. The van der Waals surface area contributed by atoms with Gasteiger partial charge in [0.2, 0.25) is 5.88 Å². The molecule has 1 aliphatic rings. The van der Waals surface area contributed by atoms with Gasteiger partial charge < -0.3 is 19.7 Å². The zero-order valence-corrected chi connectivity index (χ0v) is 19.3. The van der Waals surface area contributed by atoms with E-state index in [4.69, 9.17) is 9.47 Å². The molecule has 0 spiro atoms. The van der Waals surface area contributed by atoms with E-state index in [9.17, 15) is 0 Å². The van der Waals surface area contributed by atoms with Crippen molar-refractivity contribution in [2.24, 2.45) is 10.4 Å². The predicted molar refractivity (Wildman–Crippen MR) is 123 cm³/mol. The van der Waals surface area contributed by atoms with Crippen LogP contribution in [0.25, 0.3) is 0 Å². The maximum Gasteiger partial charge on any atom is 0.219 e. The lowest BCUT2D eigenvalue weighted by atomic mass is 9.93. The number of pyridine rings is 1. The number of hydrogen-bond acceptors (Lipinski definition) is 4. The molecule has 1 aliphatic heterocycles. The minimum Gasteiger partial charge on any atom is -0.497 e. The molecule has 152 valence electrons. The molecule has 0 saturated carbocycles. The summed E-state index contributed by atoms with van der Waals surface area (Å²) in [5.74, 6) is 2.95. The van der Waals surface area contributed by atoms with Crippen molar-refractivity contribution in [1.82, 2.24) is 15.2 Å². The van der Waals surface area contributed by atoms with E-state index in [0.29, 0.717) is 23.6 Å². The van der Waals surface area contributed by atoms with E-state index < -0.39 is 0 Å². The fourth-order valence-electron chi connectivity index (χ4n) is 3.17. The Kier molecular flexibility index (Phi) is 7.91. The number of rotatable bonds is 5. The van der Waals surface area contributed by atoms with Gasteiger partial charge in [-0.1, -0.05) is 26.0 Å². The van der Waals surface area contributed by atoms with Gasteiger partial charge in [0.1, 0.15) is 11.5 Å². The Balaban J connectivity index is 0.00000280. The topological polar surface area (TPSA) is 59.0 Å². The largest absolute Gasteiger partial charge is 0.497 e. The van der Waals surface area contributed by atoms with Crippen LogP contribution in [0.4, 0.5) is 0 Å². The van der Waals surface area contributed by atoms with Crippen molar-refractivity contribution >= 4 is 29.9 Å². The van der Waals surface area contributed by atoms with Gasteiger partial charge in [-0.15, -0.1) is 24.0 Å². The van der Waals surface area contributed by atoms with Crippen LogP contribution in [-0.2, 0) is 6.54 Å². The molecule has 6 nitrogen and oxygen atoms in total. The highest BCUT2D eigenvalue weighted by molar-refractivity contribution is 14.0. The summed E-state index contributed by atoms with van der Waals surface area (Å²) in [5.41, 5.74) is 1.42. The van der Waals surface area contributed by atoms with Crippen molar-refractivity contribution in [2.45, 2.75) is 26.8 Å². The molecule has 1 aromatic carbocycles. The summed E-state index contributed by atoms with van der Waals surface area (Å²) >= 11 is 0. The number of guanidine groups is 1. The number of halogens is 1. The third kappa shape index (κ3) is 5.98. The molecule has 0 amide bonds. The van der Waals surface area contributed by atoms with Gasteiger partial charge in [-0.05, 0) is 29.5 Å². The van der Waals surface area contributed by atoms with Crippen molar-refractivity contribution in [3.8, 4) is 17.4 Å². The fraction of sp³-hybridized carbons (Fsp3) is 0.429.